The lowest BCUT2D eigenvalue weighted by Gasteiger charge is -2.31. The van der Waals surface area contributed by atoms with Gasteiger partial charge in [0.2, 0.25) is 15.9 Å². The van der Waals surface area contributed by atoms with Gasteiger partial charge in [0.25, 0.3) is 11.8 Å². The van der Waals surface area contributed by atoms with Crippen LogP contribution < -0.4 is 10.6 Å². The van der Waals surface area contributed by atoms with Crippen molar-refractivity contribution < 1.29 is 18.8 Å². The fourth-order valence-electron chi connectivity index (χ4n) is 3.56. The molecule has 2 N–H and O–H groups in total. The van der Waals surface area contributed by atoms with Crippen molar-refractivity contribution in [3.8, 4) is 0 Å². The van der Waals surface area contributed by atoms with Crippen LogP contribution >= 0.6 is 22.9 Å². The predicted octanol–water partition coefficient (Wildman–Crippen LogP) is 3.60. The molecule has 1 aliphatic heterocycles. The van der Waals surface area contributed by atoms with Crippen LogP contribution in [0.15, 0.2) is 47.1 Å². The second-order valence-corrected chi connectivity index (χ2v) is 9.09. The minimum Gasteiger partial charge on any atom is -0.467 e. The third-order valence-corrected chi connectivity index (χ3v) is 6.45. The Balaban J connectivity index is 1.24. The third kappa shape index (κ3) is 6.17. The van der Waals surface area contributed by atoms with Crippen molar-refractivity contribution in [2.45, 2.75) is 25.8 Å². The normalized spacial score (nSPS) is 14.2. The van der Waals surface area contributed by atoms with E-state index in [2.05, 4.69) is 20.8 Å². The van der Waals surface area contributed by atoms with E-state index in [-0.39, 0.29) is 27.7 Å². The Morgan fingerprint density at radius 2 is 1.91 bits per heavy atom. The molecule has 3 heterocycles. The van der Waals surface area contributed by atoms with Gasteiger partial charge in [0.15, 0.2) is 0 Å². The van der Waals surface area contributed by atoms with Gasteiger partial charge in [-0.2, -0.15) is 0 Å². The van der Waals surface area contributed by atoms with Crippen LogP contribution in [0.5, 0.6) is 0 Å². The SMILES string of the molecule is O=C(CC1CCN(C(=O)c2nnc(C(=O)Nc3cccc(Cl)c3)s2)CC1)NCc1ccco1. The molecular formula is C22H22ClN5O4S. The van der Waals surface area contributed by atoms with Crippen molar-refractivity contribution in [3.05, 3.63) is 63.5 Å². The van der Waals surface area contributed by atoms with Crippen LogP contribution in [0.4, 0.5) is 5.69 Å². The number of nitrogens with zero attached hydrogens (tertiary/aromatic N) is 3. The molecule has 1 aliphatic rings. The molecule has 1 saturated heterocycles. The highest BCUT2D eigenvalue weighted by molar-refractivity contribution is 7.15. The molecule has 0 bridgehead atoms. The number of aromatic nitrogens is 2. The van der Waals surface area contributed by atoms with E-state index in [1.165, 1.54) is 0 Å². The molecule has 9 nitrogen and oxygen atoms in total. The van der Waals surface area contributed by atoms with Crippen LogP contribution in [0.1, 0.15) is 44.6 Å². The van der Waals surface area contributed by atoms with E-state index in [1.54, 1.807) is 41.5 Å². The van der Waals surface area contributed by atoms with Gasteiger partial charge in [0.05, 0.1) is 12.8 Å². The fourth-order valence-corrected chi connectivity index (χ4v) is 4.46. The van der Waals surface area contributed by atoms with Gasteiger partial charge in [-0.05, 0) is 49.1 Å². The van der Waals surface area contributed by atoms with Crippen molar-refractivity contribution in [2.24, 2.45) is 5.92 Å². The minimum absolute atomic E-state index is 0.0318. The Bertz CT molecular complexity index is 1130. The Kier molecular flexibility index (Phi) is 7.36. The summed E-state index contributed by atoms with van der Waals surface area (Å²) in [5.74, 6) is 0.180. The van der Waals surface area contributed by atoms with Crippen molar-refractivity contribution >= 4 is 46.3 Å². The molecule has 0 atom stereocenters. The summed E-state index contributed by atoms with van der Waals surface area (Å²) in [4.78, 5) is 39.0. The first-order chi connectivity index (χ1) is 16.0. The molecule has 3 aromatic rings. The molecule has 0 spiro atoms. The molecule has 0 aliphatic carbocycles. The first-order valence-electron chi connectivity index (χ1n) is 10.5. The van der Waals surface area contributed by atoms with Crippen molar-refractivity contribution in [1.82, 2.24) is 20.4 Å². The second kappa shape index (κ2) is 10.6. The number of carbonyl (C=O) groups is 3. The van der Waals surface area contributed by atoms with E-state index in [0.717, 1.165) is 24.2 Å². The predicted molar refractivity (Wildman–Crippen MR) is 123 cm³/mol. The van der Waals surface area contributed by atoms with Crippen LogP contribution in [0, 0.1) is 5.92 Å². The summed E-state index contributed by atoms with van der Waals surface area (Å²) in [5.41, 5.74) is 0.533. The highest BCUT2D eigenvalue weighted by Gasteiger charge is 2.28. The zero-order chi connectivity index (χ0) is 23.2. The zero-order valence-corrected chi connectivity index (χ0v) is 19.2. The fraction of sp³-hybridized carbons (Fsp3) is 0.318. The number of carbonyl (C=O) groups excluding carboxylic acids is 3. The number of halogens is 1. The summed E-state index contributed by atoms with van der Waals surface area (Å²) in [6.45, 7) is 1.42. The molecule has 3 amide bonds. The number of hydrogen-bond donors (Lipinski definition) is 2. The zero-order valence-electron chi connectivity index (χ0n) is 17.6. The number of rotatable bonds is 7. The molecule has 0 unspecified atom stereocenters. The topological polar surface area (TPSA) is 117 Å². The maximum atomic E-state index is 12.8. The van der Waals surface area contributed by atoms with Gasteiger partial charge in [-0.15, -0.1) is 10.2 Å². The van der Waals surface area contributed by atoms with Gasteiger partial charge in [0, 0.05) is 30.2 Å². The van der Waals surface area contributed by atoms with Gasteiger partial charge in [0.1, 0.15) is 5.76 Å². The first-order valence-corrected chi connectivity index (χ1v) is 11.7. The van der Waals surface area contributed by atoms with Gasteiger partial charge in [-0.1, -0.05) is 29.0 Å². The van der Waals surface area contributed by atoms with Gasteiger partial charge < -0.3 is 20.0 Å². The van der Waals surface area contributed by atoms with Gasteiger partial charge >= 0.3 is 0 Å². The van der Waals surface area contributed by atoms with E-state index in [1.807, 2.05) is 6.07 Å². The van der Waals surface area contributed by atoms with E-state index in [0.29, 0.717) is 42.5 Å². The molecule has 11 heteroatoms. The summed E-state index contributed by atoms with van der Waals surface area (Å²) in [6, 6.07) is 10.3. The minimum atomic E-state index is -0.451. The molecule has 33 heavy (non-hydrogen) atoms. The summed E-state index contributed by atoms with van der Waals surface area (Å²) in [6.07, 6.45) is 3.43. The number of hydrogen-bond acceptors (Lipinski definition) is 7. The van der Waals surface area contributed by atoms with Crippen LogP contribution in [-0.4, -0.2) is 45.9 Å². The Morgan fingerprint density at radius 1 is 1.12 bits per heavy atom. The average Bonchev–Trinajstić information content (AvgIpc) is 3.50. The monoisotopic (exact) mass is 487 g/mol. The lowest BCUT2D eigenvalue weighted by atomic mass is 9.93. The van der Waals surface area contributed by atoms with E-state index in [4.69, 9.17) is 16.0 Å². The molecular weight excluding hydrogens is 466 g/mol. The Hall–Kier alpha value is -3.24. The molecule has 1 aromatic carbocycles. The second-order valence-electron chi connectivity index (χ2n) is 7.67. The number of nitrogens with one attached hydrogen (secondary N) is 2. The van der Waals surface area contributed by atoms with E-state index in [9.17, 15) is 14.4 Å². The van der Waals surface area contributed by atoms with Crippen LogP contribution in [0.25, 0.3) is 0 Å². The third-order valence-electron chi connectivity index (χ3n) is 5.30. The van der Waals surface area contributed by atoms with Gasteiger partial charge in [-0.3, -0.25) is 14.4 Å². The maximum Gasteiger partial charge on any atom is 0.286 e. The molecule has 2 aromatic heterocycles. The van der Waals surface area contributed by atoms with Crippen molar-refractivity contribution in [1.29, 1.82) is 0 Å². The lowest BCUT2D eigenvalue weighted by Crippen LogP contribution is -2.39. The lowest BCUT2D eigenvalue weighted by molar-refractivity contribution is -0.122. The molecule has 1 fully saturated rings. The molecule has 172 valence electrons. The van der Waals surface area contributed by atoms with Crippen LogP contribution in [-0.2, 0) is 11.3 Å². The van der Waals surface area contributed by atoms with Crippen molar-refractivity contribution in [2.75, 3.05) is 18.4 Å². The highest BCUT2D eigenvalue weighted by Crippen LogP contribution is 2.23. The summed E-state index contributed by atoms with van der Waals surface area (Å²) in [7, 11) is 0. The highest BCUT2D eigenvalue weighted by atomic mass is 35.5. The van der Waals surface area contributed by atoms with E-state index < -0.39 is 5.91 Å². The number of benzene rings is 1. The number of furan rings is 1. The number of anilines is 1. The van der Waals surface area contributed by atoms with Crippen LogP contribution in [0.2, 0.25) is 5.02 Å². The smallest absolute Gasteiger partial charge is 0.286 e. The largest absolute Gasteiger partial charge is 0.467 e. The average molecular weight is 488 g/mol. The molecule has 0 radical (unpaired) electrons. The van der Waals surface area contributed by atoms with Gasteiger partial charge in [-0.25, -0.2) is 0 Å². The maximum absolute atomic E-state index is 12.8. The summed E-state index contributed by atoms with van der Waals surface area (Å²) in [5, 5.41) is 14.1. The number of amides is 3. The number of likely N-dealkylation sites (tertiary alicyclic amines) is 1. The van der Waals surface area contributed by atoms with E-state index >= 15 is 0 Å². The summed E-state index contributed by atoms with van der Waals surface area (Å²) < 4.78 is 5.21. The number of piperidine rings is 1. The Morgan fingerprint density at radius 3 is 2.64 bits per heavy atom. The van der Waals surface area contributed by atoms with Crippen molar-refractivity contribution in [3.63, 3.8) is 0 Å². The summed E-state index contributed by atoms with van der Waals surface area (Å²) >= 11 is 6.88. The molecule has 4 rings (SSSR count). The van der Waals surface area contributed by atoms with Crippen LogP contribution in [0.3, 0.4) is 0 Å². The standard InChI is InChI=1S/C22H22ClN5O4S/c23-15-3-1-4-16(12-15)25-19(30)20-26-27-21(33-20)22(31)28-8-6-14(7-9-28)11-18(29)24-13-17-5-2-10-32-17/h1-5,10,12,14H,6-9,11,13H2,(H,24,29)(H,25,30). The molecule has 0 saturated carbocycles. The quantitative estimate of drug-likeness (QED) is 0.525. The first kappa shape index (κ1) is 22.9. The Labute approximate surface area is 199 Å².